The summed E-state index contributed by atoms with van der Waals surface area (Å²) in [5, 5.41) is 18.9. The molecule has 1 aromatic rings. The smallest absolute Gasteiger partial charge is 0.410 e. The standard InChI is InChI=1S/C19H24F2N2O6/c1-11(2)5-16(17(24)25)22(18(26)27)4-3-15-10-29-19(28)23(15)9-12-6-13(20)8-14(21)7-12/h6-8,11,15-16H,3-5,9-10H2,1-2H3,(H,24,25)(H,26,27). The monoisotopic (exact) mass is 414 g/mol. The Balaban J connectivity index is 2.10. The van der Waals surface area contributed by atoms with Crippen molar-refractivity contribution in [3.8, 4) is 0 Å². The highest BCUT2D eigenvalue weighted by molar-refractivity contribution is 5.79. The van der Waals surface area contributed by atoms with Crippen LogP contribution in [0.3, 0.4) is 0 Å². The summed E-state index contributed by atoms with van der Waals surface area (Å²) in [6.45, 7) is 3.32. The summed E-state index contributed by atoms with van der Waals surface area (Å²) >= 11 is 0. The SMILES string of the molecule is CC(C)CC(C(=O)O)N(CCC1COC(=O)N1Cc1cc(F)cc(F)c1)C(=O)O. The highest BCUT2D eigenvalue weighted by atomic mass is 19.1. The van der Waals surface area contributed by atoms with E-state index in [2.05, 4.69) is 0 Å². The molecule has 0 radical (unpaired) electrons. The van der Waals surface area contributed by atoms with Gasteiger partial charge in [-0.25, -0.2) is 23.2 Å². The molecule has 1 heterocycles. The Kier molecular flexibility index (Phi) is 7.35. The Hall–Kier alpha value is -2.91. The molecule has 1 aliphatic heterocycles. The van der Waals surface area contributed by atoms with E-state index in [9.17, 15) is 33.4 Å². The quantitative estimate of drug-likeness (QED) is 0.643. The summed E-state index contributed by atoms with van der Waals surface area (Å²) in [6.07, 6.45) is -1.79. The minimum atomic E-state index is -1.37. The molecule has 1 aliphatic rings. The Labute approximate surface area is 166 Å². The van der Waals surface area contributed by atoms with Gasteiger partial charge in [-0.2, -0.15) is 0 Å². The third-order valence-electron chi connectivity index (χ3n) is 4.65. The number of ether oxygens (including phenoxy) is 1. The molecule has 10 heteroatoms. The van der Waals surface area contributed by atoms with Gasteiger partial charge in [-0.1, -0.05) is 13.8 Å². The number of halogens is 2. The van der Waals surface area contributed by atoms with Crippen molar-refractivity contribution in [1.82, 2.24) is 9.80 Å². The van der Waals surface area contributed by atoms with Crippen LogP contribution in [0.5, 0.6) is 0 Å². The van der Waals surface area contributed by atoms with E-state index in [0.717, 1.165) is 23.1 Å². The lowest BCUT2D eigenvalue weighted by atomic mass is 10.0. The molecule has 2 atom stereocenters. The van der Waals surface area contributed by atoms with Gasteiger partial charge in [0.15, 0.2) is 0 Å². The average molecular weight is 414 g/mol. The second-order valence-corrected chi connectivity index (χ2v) is 7.38. The minimum absolute atomic E-state index is 0.0218. The lowest BCUT2D eigenvalue weighted by Crippen LogP contribution is -2.47. The van der Waals surface area contributed by atoms with E-state index in [1.165, 1.54) is 4.90 Å². The predicted octanol–water partition coefficient (Wildman–Crippen LogP) is 3.16. The summed E-state index contributed by atoms with van der Waals surface area (Å²) in [6, 6.07) is 1.14. The number of hydrogen-bond acceptors (Lipinski definition) is 4. The molecule has 1 fully saturated rings. The normalized spacial score (nSPS) is 17.3. The van der Waals surface area contributed by atoms with E-state index in [1.54, 1.807) is 13.8 Å². The molecule has 1 saturated heterocycles. The van der Waals surface area contributed by atoms with Crippen molar-refractivity contribution < 1.29 is 38.1 Å². The number of benzene rings is 1. The van der Waals surface area contributed by atoms with Crippen molar-refractivity contribution in [2.75, 3.05) is 13.2 Å². The molecular formula is C19H24F2N2O6. The molecule has 2 rings (SSSR count). The highest BCUT2D eigenvalue weighted by Crippen LogP contribution is 2.22. The van der Waals surface area contributed by atoms with Crippen molar-refractivity contribution in [2.45, 2.75) is 45.3 Å². The highest BCUT2D eigenvalue weighted by Gasteiger charge is 2.36. The van der Waals surface area contributed by atoms with Gasteiger partial charge in [-0.3, -0.25) is 9.80 Å². The zero-order valence-corrected chi connectivity index (χ0v) is 16.2. The Morgan fingerprint density at radius 2 is 1.86 bits per heavy atom. The van der Waals surface area contributed by atoms with Gasteiger partial charge in [0, 0.05) is 19.2 Å². The number of cyclic esters (lactones) is 1. The fraction of sp³-hybridized carbons (Fsp3) is 0.526. The van der Waals surface area contributed by atoms with Gasteiger partial charge in [0.25, 0.3) is 0 Å². The van der Waals surface area contributed by atoms with E-state index in [4.69, 9.17) is 4.74 Å². The van der Waals surface area contributed by atoms with Gasteiger partial charge in [0.2, 0.25) is 0 Å². The van der Waals surface area contributed by atoms with E-state index in [0.29, 0.717) is 0 Å². The molecule has 2 amide bonds. The number of rotatable bonds is 9. The zero-order chi connectivity index (χ0) is 21.7. The van der Waals surface area contributed by atoms with Gasteiger partial charge in [-0.05, 0) is 36.5 Å². The predicted molar refractivity (Wildman–Crippen MR) is 97.3 cm³/mol. The lowest BCUT2D eigenvalue weighted by Gasteiger charge is -2.29. The number of aliphatic carboxylic acids is 1. The maximum Gasteiger partial charge on any atom is 0.410 e. The summed E-state index contributed by atoms with van der Waals surface area (Å²) in [4.78, 5) is 37.3. The largest absolute Gasteiger partial charge is 0.480 e. The molecule has 0 aliphatic carbocycles. The fourth-order valence-corrected chi connectivity index (χ4v) is 3.30. The first-order valence-electron chi connectivity index (χ1n) is 9.19. The first-order valence-corrected chi connectivity index (χ1v) is 9.19. The third kappa shape index (κ3) is 6.03. The van der Waals surface area contributed by atoms with Crippen LogP contribution in [0.25, 0.3) is 0 Å². The molecule has 2 N–H and O–H groups in total. The number of carboxylic acids is 1. The Morgan fingerprint density at radius 3 is 2.38 bits per heavy atom. The summed E-state index contributed by atoms with van der Waals surface area (Å²) in [5.41, 5.74) is 0.227. The van der Waals surface area contributed by atoms with Crippen molar-refractivity contribution >= 4 is 18.2 Å². The maximum atomic E-state index is 13.4. The maximum absolute atomic E-state index is 13.4. The van der Waals surface area contributed by atoms with Crippen LogP contribution in [0.4, 0.5) is 18.4 Å². The fourth-order valence-electron chi connectivity index (χ4n) is 3.30. The molecule has 0 aromatic heterocycles. The van der Waals surface area contributed by atoms with E-state index in [1.807, 2.05) is 0 Å². The molecular weight excluding hydrogens is 390 g/mol. The number of amides is 2. The van der Waals surface area contributed by atoms with Crippen molar-refractivity contribution in [2.24, 2.45) is 5.92 Å². The van der Waals surface area contributed by atoms with Gasteiger partial charge >= 0.3 is 18.2 Å². The van der Waals surface area contributed by atoms with E-state index in [-0.39, 0.29) is 44.0 Å². The van der Waals surface area contributed by atoms with Crippen LogP contribution in [0, 0.1) is 17.6 Å². The summed E-state index contributed by atoms with van der Waals surface area (Å²) < 4.78 is 31.8. The molecule has 2 unspecified atom stereocenters. The van der Waals surface area contributed by atoms with E-state index < -0.39 is 41.9 Å². The summed E-state index contributed by atoms with van der Waals surface area (Å²) in [5.74, 6) is -2.83. The number of carbonyl (C=O) groups excluding carboxylic acids is 1. The topological polar surface area (TPSA) is 107 Å². The number of carbonyl (C=O) groups is 3. The number of nitrogens with zero attached hydrogens (tertiary/aromatic N) is 2. The third-order valence-corrected chi connectivity index (χ3v) is 4.65. The first kappa shape index (κ1) is 22.4. The van der Waals surface area contributed by atoms with Gasteiger partial charge in [0.1, 0.15) is 24.3 Å². The van der Waals surface area contributed by atoms with Crippen molar-refractivity contribution in [1.29, 1.82) is 0 Å². The Bertz CT molecular complexity index is 753. The van der Waals surface area contributed by atoms with Crippen LogP contribution >= 0.6 is 0 Å². The molecule has 8 nitrogen and oxygen atoms in total. The zero-order valence-electron chi connectivity index (χ0n) is 16.2. The van der Waals surface area contributed by atoms with Crippen LogP contribution < -0.4 is 0 Å². The van der Waals surface area contributed by atoms with Crippen LogP contribution in [0.15, 0.2) is 18.2 Å². The molecule has 0 bridgehead atoms. The van der Waals surface area contributed by atoms with Crippen molar-refractivity contribution in [3.05, 3.63) is 35.4 Å². The second kappa shape index (κ2) is 9.53. The van der Waals surface area contributed by atoms with Crippen molar-refractivity contribution in [3.63, 3.8) is 0 Å². The number of hydrogen-bond donors (Lipinski definition) is 2. The molecule has 0 saturated carbocycles. The molecule has 1 aromatic carbocycles. The first-order chi connectivity index (χ1) is 13.6. The van der Waals surface area contributed by atoms with Gasteiger partial charge < -0.3 is 14.9 Å². The average Bonchev–Trinajstić information content (AvgIpc) is 2.92. The van der Waals surface area contributed by atoms with Crippen LogP contribution in [-0.4, -0.2) is 63.4 Å². The van der Waals surface area contributed by atoms with Gasteiger partial charge in [0.05, 0.1) is 6.04 Å². The Morgan fingerprint density at radius 1 is 1.24 bits per heavy atom. The number of carboxylic acid groups (broad SMARTS) is 2. The molecule has 0 spiro atoms. The van der Waals surface area contributed by atoms with Gasteiger partial charge in [-0.15, -0.1) is 0 Å². The molecule has 160 valence electrons. The minimum Gasteiger partial charge on any atom is -0.480 e. The van der Waals surface area contributed by atoms with Crippen LogP contribution in [0.1, 0.15) is 32.3 Å². The lowest BCUT2D eigenvalue weighted by molar-refractivity contribution is -0.143. The van der Waals surface area contributed by atoms with E-state index >= 15 is 0 Å². The molecule has 29 heavy (non-hydrogen) atoms. The second-order valence-electron chi connectivity index (χ2n) is 7.38. The van der Waals surface area contributed by atoms with Crippen LogP contribution in [-0.2, 0) is 16.1 Å². The summed E-state index contributed by atoms with van der Waals surface area (Å²) in [7, 11) is 0. The van der Waals surface area contributed by atoms with Crippen LogP contribution in [0.2, 0.25) is 0 Å².